The van der Waals surface area contributed by atoms with Crippen LogP contribution in [0.4, 0.5) is 5.95 Å². The number of aryl methyl sites for hydroxylation is 1. The van der Waals surface area contributed by atoms with Gasteiger partial charge in [-0.2, -0.15) is 4.98 Å². The molecule has 0 fully saturated rings. The van der Waals surface area contributed by atoms with Gasteiger partial charge >= 0.3 is 0 Å². The van der Waals surface area contributed by atoms with Gasteiger partial charge in [-0.25, -0.2) is 4.52 Å². The van der Waals surface area contributed by atoms with Crippen LogP contribution in [0.1, 0.15) is 33.4 Å². The zero-order valence-electron chi connectivity index (χ0n) is 12.6. The van der Waals surface area contributed by atoms with Gasteiger partial charge in [-0.05, 0) is 46.8 Å². The lowest BCUT2D eigenvalue weighted by atomic mass is 10.1. The van der Waals surface area contributed by atoms with Crippen LogP contribution in [-0.2, 0) is 4.79 Å². The van der Waals surface area contributed by atoms with E-state index in [2.05, 4.69) is 20.7 Å². The number of hydrogen-bond acceptors (Lipinski definition) is 4. The summed E-state index contributed by atoms with van der Waals surface area (Å²) in [5.41, 5.74) is 1.50. The molecule has 2 aromatic heterocycles. The summed E-state index contributed by atoms with van der Waals surface area (Å²) < 4.78 is 1.75. The molecule has 2 aromatic rings. The molecule has 6 heteroatoms. The lowest BCUT2D eigenvalue weighted by Crippen LogP contribution is -2.47. The van der Waals surface area contributed by atoms with E-state index in [1.54, 1.807) is 11.4 Å². The van der Waals surface area contributed by atoms with Gasteiger partial charge in [0, 0.05) is 11.2 Å². The molecule has 0 radical (unpaired) electrons. The molecule has 0 aromatic carbocycles. The van der Waals surface area contributed by atoms with E-state index in [1.165, 1.54) is 0 Å². The number of nitrogens with one attached hydrogen (secondary N) is 2. The van der Waals surface area contributed by atoms with Gasteiger partial charge in [-0.3, -0.25) is 4.79 Å². The summed E-state index contributed by atoms with van der Waals surface area (Å²) in [4.78, 5) is 16.4. The van der Waals surface area contributed by atoms with Gasteiger partial charge in [0.15, 0.2) is 5.65 Å². The predicted molar refractivity (Wildman–Crippen MR) is 78.7 cm³/mol. The number of carbonyl (C=O) groups excluding carboxylic acids is 1. The molecule has 0 spiro atoms. The van der Waals surface area contributed by atoms with E-state index in [9.17, 15) is 4.79 Å². The normalized spacial score (nSPS) is 13.2. The van der Waals surface area contributed by atoms with Crippen molar-refractivity contribution in [2.45, 2.75) is 46.2 Å². The molecular weight excluding hydrogens is 254 g/mol. The zero-order valence-corrected chi connectivity index (χ0v) is 12.6. The van der Waals surface area contributed by atoms with Crippen LogP contribution in [0.3, 0.4) is 0 Å². The van der Waals surface area contributed by atoms with Crippen LogP contribution in [0.5, 0.6) is 0 Å². The summed E-state index contributed by atoms with van der Waals surface area (Å²) >= 11 is 0. The average molecular weight is 275 g/mol. The van der Waals surface area contributed by atoms with Crippen LogP contribution in [-0.4, -0.2) is 32.1 Å². The third kappa shape index (κ3) is 3.26. The Morgan fingerprint density at radius 1 is 1.35 bits per heavy atom. The van der Waals surface area contributed by atoms with Crippen molar-refractivity contribution >= 4 is 17.5 Å². The SMILES string of the molecule is Cc1cccc2nc(NC(C)C(=O)NC(C)(C)C)nn12. The molecule has 0 aliphatic rings. The molecular formula is C14H21N5O. The molecule has 108 valence electrons. The fourth-order valence-electron chi connectivity index (χ4n) is 1.83. The Hall–Kier alpha value is -2.11. The van der Waals surface area contributed by atoms with E-state index in [1.807, 2.05) is 45.9 Å². The molecule has 2 N–H and O–H groups in total. The molecule has 1 atom stereocenters. The van der Waals surface area contributed by atoms with Crippen LogP contribution in [0.2, 0.25) is 0 Å². The first-order valence-electron chi connectivity index (χ1n) is 6.67. The lowest BCUT2D eigenvalue weighted by molar-refractivity contribution is -0.122. The number of amides is 1. The lowest BCUT2D eigenvalue weighted by Gasteiger charge is -2.23. The Morgan fingerprint density at radius 2 is 2.05 bits per heavy atom. The summed E-state index contributed by atoms with van der Waals surface area (Å²) in [7, 11) is 0. The van der Waals surface area contributed by atoms with Gasteiger partial charge in [0.1, 0.15) is 6.04 Å². The summed E-state index contributed by atoms with van der Waals surface area (Å²) in [6.45, 7) is 9.60. The van der Waals surface area contributed by atoms with Crippen LogP contribution in [0.25, 0.3) is 5.65 Å². The molecule has 20 heavy (non-hydrogen) atoms. The first-order valence-corrected chi connectivity index (χ1v) is 6.67. The molecule has 0 saturated heterocycles. The monoisotopic (exact) mass is 275 g/mol. The number of carbonyl (C=O) groups is 1. The van der Waals surface area contributed by atoms with Gasteiger partial charge in [-0.15, -0.1) is 5.10 Å². The van der Waals surface area contributed by atoms with Crippen LogP contribution in [0.15, 0.2) is 18.2 Å². The standard InChI is InChI=1S/C14H21N5O/c1-9-7-6-8-11-16-13(18-19(9)11)15-10(2)12(20)17-14(3,4)5/h6-8,10H,1-5H3,(H,15,18)(H,17,20). The van der Waals surface area contributed by atoms with E-state index in [-0.39, 0.29) is 11.4 Å². The molecule has 2 rings (SSSR count). The van der Waals surface area contributed by atoms with E-state index in [0.29, 0.717) is 5.95 Å². The maximum atomic E-state index is 12.0. The second-order valence-electron chi connectivity index (χ2n) is 5.98. The van der Waals surface area contributed by atoms with Gasteiger partial charge in [-0.1, -0.05) is 6.07 Å². The summed E-state index contributed by atoms with van der Waals surface area (Å²) in [6.07, 6.45) is 0. The second-order valence-corrected chi connectivity index (χ2v) is 5.98. The molecule has 0 bridgehead atoms. The summed E-state index contributed by atoms with van der Waals surface area (Å²) in [5.74, 6) is 0.379. The number of fused-ring (bicyclic) bond motifs is 1. The van der Waals surface area contributed by atoms with Gasteiger partial charge in [0.05, 0.1) is 0 Å². The number of aromatic nitrogens is 3. The van der Waals surface area contributed by atoms with Crippen molar-refractivity contribution in [2.24, 2.45) is 0 Å². The molecule has 2 heterocycles. The average Bonchev–Trinajstić information content (AvgIpc) is 2.70. The van der Waals surface area contributed by atoms with E-state index < -0.39 is 6.04 Å². The highest BCUT2D eigenvalue weighted by atomic mass is 16.2. The number of hydrogen-bond donors (Lipinski definition) is 2. The Labute approximate surface area is 118 Å². The van der Waals surface area contributed by atoms with Crippen molar-refractivity contribution in [1.82, 2.24) is 19.9 Å². The van der Waals surface area contributed by atoms with Crippen molar-refractivity contribution in [3.05, 3.63) is 23.9 Å². The van der Waals surface area contributed by atoms with Crippen molar-refractivity contribution in [1.29, 1.82) is 0 Å². The zero-order chi connectivity index (χ0) is 14.9. The number of rotatable bonds is 3. The van der Waals surface area contributed by atoms with Crippen molar-refractivity contribution in [3.8, 4) is 0 Å². The van der Waals surface area contributed by atoms with Crippen molar-refractivity contribution in [2.75, 3.05) is 5.32 Å². The Morgan fingerprint density at radius 3 is 2.65 bits per heavy atom. The van der Waals surface area contributed by atoms with Gasteiger partial charge in [0.25, 0.3) is 0 Å². The molecule has 0 aliphatic heterocycles. The van der Waals surface area contributed by atoms with Crippen LogP contribution < -0.4 is 10.6 Å². The fourth-order valence-corrected chi connectivity index (χ4v) is 1.83. The Kier molecular flexibility index (Phi) is 3.65. The second kappa shape index (κ2) is 5.11. The largest absolute Gasteiger partial charge is 0.350 e. The first kappa shape index (κ1) is 14.3. The Bertz CT molecular complexity index is 626. The first-order chi connectivity index (χ1) is 9.26. The van der Waals surface area contributed by atoms with Crippen LogP contribution in [0, 0.1) is 6.92 Å². The summed E-state index contributed by atoms with van der Waals surface area (Å²) in [6, 6.07) is 5.37. The van der Waals surface area contributed by atoms with Gasteiger partial charge in [0.2, 0.25) is 11.9 Å². The molecule has 6 nitrogen and oxygen atoms in total. The van der Waals surface area contributed by atoms with Crippen molar-refractivity contribution < 1.29 is 4.79 Å². The van der Waals surface area contributed by atoms with E-state index >= 15 is 0 Å². The van der Waals surface area contributed by atoms with E-state index in [4.69, 9.17) is 0 Å². The summed E-state index contributed by atoms with van der Waals surface area (Å²) in [5, 5.41) is 10.3. The highest BCUT2D eigenvalue weighted by Crippen LogP contribution is 2.09. The number of nitrogens with zero attached hydrogens (tertiary/aromatic N) is 3. The molecule has 1 unspecified atom stereocenters. The topological polar surface area (TPSA) is 71.3 Å². The maximum absolute atomic E-state index is 12.0. The predicted octanol–water partition coefficient (Wildman–Crippen LogP) is 1.75. The third-order valence-electron chi connectivity index (χ3n) is 2.79. The highest BCUT2D eigenvalue weighted by molar-refractivity contribution is 5.84. The third-order valence-corrected chi connectivity index (χ3v) is 2.79. The molecule has 0 saturated carbocycles. The van der Waals surface area contributed by atoms with Crippen molar-refractivity contribution in [3.63, 3.8) is 0 Å². The number of pyridine rings is 1. The quantitative estimate of drug-likeness (QED) is 0.895. The van der Waals surface area contributed by atoms with Crippen LogP contribution >= 0.6 is 0 Å². The smallest absolute Gasteiger partial charge is 0.243 e. The van der Waals surface area contributed by atoms with Gasteiger partial charge < -0.3 is 10.6 Å². The Balaban J connectivity index is 2.12. The molecule has 0 aliphatic carbocycles. The molecule has 1 amide bonds. The minimum Gasteiger partial charge on any atom is -0.350 e. The van der Waals surface area contributed by atoms with E-state index in [0.717, 1.165) is 11.3 Å². The minimum atomic E-state index is -0.396. The fraction of sp³-hybridized carbons (Fsp3) is 0.500. The minimum absolute atomic E-state index is 0.0759. The highest BCUT2D eigenvalue weighted by Gasteiger charge is 2.20. The number of anilines is 1. The maximum Gasteiger partial charge on any atom is 0.243 e.